The molecule has 6 heteroatoms. The van der Waals surface area contributed by atoms with Crippen LogP contribution in [0.25, 0.3) is 0 Å². The first kappa shape index (κ1) is 20.1. The third-order valence-corrected chi connectivity index (χ3v) is 4.87. The van der Waals surface area contributed by atoms with Crippen LogP contribution in [0.1, 0.15) is 36.5 Å². The average molecular weight is 398 g/mol. The van der Waals surface area contributed by atoms with Crippen molar-refractivity contribution in [3.8, 4) is 5.75 Å². The molecule has 148 valence electrons. The lowest BCUT2D eigenvalue weighted by Crippen LogP contribution is -2.39. The number of carbonyl (C=O) groups excluding carboxylic acids is 1. The Hall–Kier alpha value is -2.60. The number of hydrogen-bond donors (Lipinski definition) is 2. The second-order valence-electron chi connectivity index (χ2n) is 7.05. The molecule has 0 radical (unpaired) electrons. The van der Waals surface area contributed by atoms with Crippen LogP contribution >= 0.6 is 12.2 Å². The van der Waals surface area contributed by atoms with Gasteiger partial charge in [0.05, 0.1) is 6.04 Å². The highest BCUT2D eigenvalue weighted by Gasteiger charge is 2.17. The first-order valence-electron chi connectivity index (χ1n) is 9.76. The van der Waals surface area contributed by atoms with E-state index in [1.807, 2.05) is 66.4 Å². The molecule has 0 spiro atoms. The normalized spacial score (nSPS) is 14.8. The summed E-state index contributed by atoms with van der Waals surface area (Å²) >= 11 is 5.38. The molecular formula is C22H27N3O2S. The number of benzene rings is 2. The van der Waals surface area contributed by atoms with Crippen molar-refractivity contribution in [2.75, 3.05) is 25.0 Å². The molecule has 0 aliphatic carbocycles. The van der Waals surface area contributed by atoms with Gasteiger partial charge in [-0.1, -0.05) is 18.2 Å². The van der Waals surface area contributed by atoms with Crippen molar-refractivity contribution in [3.05, 3.63) is 60.2 Å². The van der Waals surface area contributed by atoms with Crippen molar-refractivity contribution in [2.45, 2.75) is 32.2 Å². The molecule has 0 saturated carbocycles. The maximum absolute atomic E-state index is 12.5. The van der Waals surface area contributed by atoms with Crippen LogP contribution in [0, 0.1) is 0 Å². The number of piperidine rings is 1. The molecule has 28 heavy (non-hydrogen) atoms. The van der Waals surface area contributed by atoms with Crippen molar-refractivity contribution in [1.29, 1.82) is 0 Å². The Bertz CT molecular complexity index is 774. The summed E-state index contributed by atoms with van der Waals surface area (Å²) in [6.07, 6.45) is 3.40. The number of hydrogen-bond acceptors (Lipinski definition) is 3. The molecule has 2 N–H and O–H groups in total. The fourth-order valence-electron chi connectivity index (χ4n) is 3.15. The zero-order valence-corrected chi connectivity index (χ0v) is 17.0. The van der Waals surface area contributed by atoms with E-state index in [0.717, 1.165) is 42.9 Å². The van der Waals surface area contributed by atoms with Crippen LogP contribution in [0.4, 0.5) is 5.69 Å². The van der Waals surface area contributed by atoms with Crippen LogP contribution in [-0.4, -0.2) is 41.7 Å². The quantitative estimate of drug-likeness (QED) is 0.720. The van der Waals surface area contributed by atoms with Gasteiger partial charge in [0.2, 0.25) is 0 Å². The molecule has 5 nitrogen and oxygen atoms in total. The van der Waals surface area contributed by atoms with Crippen LogP contribution in [0.15, 0.2) is 54.6 Å². The minimum absolute atomic E-state index is 0.0557. The van der Waals surface area contributed by atoms with Crippen LogP contribution in [0.2, 0.25) is 0 Å². The summed E-state index contributed by atoms with van der Waals surface area (Å²) < 4.78 is 5.73. The number of rotatable bonds is 6. The third-order valence-electron chi connectivity index (χ3n) is 4.65. The summed E-state index contributed by atoms with van der Waals surface area (Å²) in [6.45, 7) is 4.23. The number of para-hydroxylation sites is 1. The number of thiocarbonyl (C=S) groups is 1. The monoisotopic (exact) mass is 397 g/mol. The number of ether oxygens (including phenoxy) is 1. The highest BCUT2D eigenvalue weighted by Crippen LogP contribution is 2.15. The van der Waals surface area contributed by atoms with Crippen LogP contribution in [0.3, 0.4) is 0 Å². The highest BCUT2D eigenvalue weighted by molar-refractivity contribution is 7.80. The summed E-state index contributed by atoms with van der Waals surface area (Å²) in [6, 6.07) is 17.2. The largest absolute Gasteiger partial charge is 0.491 e. The Morgan fingerprint density at radius 3 is 2.43 bits per heavy atom. The summed E-state index contributed by atoms with van der Waals surface area (Å²) in [5.74, 6) is 0.947. The van der Waals surface area contributed by atoms with Gasteiger partial charge in [0.1, 0.15) is 12.4 Å². The SMILES string of the molecule is C[C@H](COc1ccccc1)NC(=S)Nc1ccc(C(=O)N2CCCCC2)cc1. The van der Waals surface area contributed by atoms with Crippen molar-refractivity contribution in [3.63, 3.8) is 0 Å². The van der Waals surface area contributed by atoms with E-state index in [1.165, 1.54) is 6.42 Å². The van der Waals surface area contributed by atoms with E-state index < -0.39 is 0 Å². The van der Waals surface area contributed by atoms with Gasteiger partial charge in [0.25, 0.3) is 5.91 Å². The van der Waals surface area contributed by atoms with Crippen molar-refractivity contribution >= 4 is 28.9 Å². The van der Waals surface area contributed by atoms with E-state index in [0.29, 0.717) is 11.7 Å². The second-order valence-corrected chi connectivity index (χ2v) is 7.46. The molecule has 1 aliphatic heterocycles. The van der Waals surface area contributed by atoms with Crippen molar-refractivity contribution in [1.82, 2.24) is 10.2 Å². The van der Waals surface area contributed by atoms with Gasteiger partial charge in [0.15, 0.2) is 5.11 Å². The molecule has 1 amide bonds. The zero-order valence-electron chi connectivity index (χ0n) is 16.2. The smallest absolute Gasteiger partial charge is 0.253 e. The van der Waals surface area contributed by atoms with E-state index in [4.69, 9.17) is 17.0 Å². The number of amides is 1. The van der Waals surface area contributed by atoms with Gasteiger partial charge in [-0.25, -0.2) is 0 Å². The molecule has 0 aromatic heterocycles. The molecular weight excluding hydrogens is 370 g/mol. The Morgan fingerprint density at radius 1 is 1.07 bits per heavy atom. The fraction of sp³-hybridized carbons (Fsp3) is 0.364. The molecule has 1 aliphatic rings. The minimum Gasteiger partial charge on any atom is -0.491 e. The number of nitrogens with zero attached hydrogens (tertiary/aromatic N) is 1. The maximum Gasteiger partial charge on any atom is 0.253 e. The number of nitrogens with one attached hydrogen (secondary N) is 2. The van der Waals surface area contributed by atoms with Crippen molar-refractivity contribution in [2.24, 2.45) is 0 Å². The Balaban J connectivity index is 1.45. The first-order valence-corrected chi connectivity index (χ1v) is 10.2. The number of likely N-dealkylation sites (tertiary alicyclic amines) is 1. The Labute approximate surface area is 172 Å². The molecule has 1 fully saturated rings. The molecule has 1 saturated heterocycles. The predicted octanol–water partition coefficient (Wildman–Crippen LogP) is 4.07. The zero-order chi connectivity index (χ0) is 19.8. The lowest BCUT2D eigenvalue weighted by molar-refractivity contribution is 0.0724. The van der Waals surface area contributed by atoms with Gasteiger partial charge in [-0.05, 0) is 74.8 Å². The first-order chi connectivity index (χ1) is 13.6. The second kappa shape index (κ2) is 10.1. The van der Waals surface area contributed by atoms with Crippen LogP contribution < -0.4 is 15.4 Å². The van der Waals surface area contributed by atoms with Gasteiger partial charge in [0, 0.05) is 24.3 Å². The summed E-state index contributed by atoms with van der Waals surface area (Å²) in [4.78, 5) is 14.5. The van der Waals surface area contributed by atoms with Crippen LogP contribution in [0.5, 0.6) is 5.75 Å². The standard InChI is InChI=1S/C22H27N3O2S/c1-17(16-27-20-8-4-2-5-9-20)23-22(28)24-19-12-10-18(11-13-19)21(26)25-14-6-3-7-15-25/h2,4-5,8-13,17H,3,6-7,14-16H2,1H3,(H2,23,24,28)/t17-/m1/s1. The number of carbonyl (C=O) groups is 1. The van der Waals surface area contributed by atoms with Gasteiger partial charge in [-0.2, -0.15) is 0 Å². The molecule has 2 aromatic rings. The molecule has 0 bridgehead atoms. The van der Waals surface area contributed by atoms with Crippen LogP contribution in [-0.2, 0) is 0 Å². The fourth-order valence-corrected chi connectivity index (χ4v) is 3.47. The molecule has 1 heterocycles. The lowest BCUT2D eigenvalue weighted by atomic mass is 10.1. The van der Waals surface area contributed by atoms with Gasteiger partial charge < -0.3 is 20.3 Å². The highest BCUT2D eigenvalue weighted by atomic mass is 32.1. The molecule has 0 unspecified atom stereocenters. The van der Waals surface area contributed by atoms with E-state index in [9.17, 15) is 4.79 Å². The van der Waals surface area contributed by atoms with E-state index in [-0.39, 0.29) is 11.9 Å². The van der Waals surface area contributed by atoms with E-state index in [2.05, 4.69) is 10.6 Å². The molecule has 3 rings (SSSR count). The van der Waals surface area contributed by atoms with E-state index in [1.54, 1.807) is 0 Å². The Kier molecular flexibility index (Phi) is 7.25. The van der Waals surface area contributed by atoms with Crippen molar-refractivity contribution < 1.29 is 9.53 Å². The van der Waals surface area contributed by atoms with Gasteiger partial charge >= 0.3 is 0 Å². The third kappa shape index (κ3) is 5.96. The summed E-state index contributed by atoms with van der Waals surface area (Å²) in [7, 11) is 0. The minimum atomic E-state index is 0.0557. The van der Waals surface area contributed by atoms with Gasteiger partial charge in [-0.3, -0.25) is 4.79 Å². The molecule has 1 atom stereocenters. The summed E-state index contributed by atoms with van der Waals surface area (Å²) in [5.41, 5.74) is 1.57. The average Bonchev–Trinajstić information content (AvgIpc) is 2.73. The lowest BCUT2D eigenvalue weighted by Gasteiger charge is -2.26. The topological polar surface area (TPSA) is 53.6 Å². The maximum atomic E-state index is 12.5. The summed E-state index contributed by atoms with van der Waals surface area (Å²) in [5, 5.41) is 6.89. The number of anilines is 1. The predicted molar refractivity (Wildman–Crippen MR) is 117 cm³/mol. The van der Waals surface area contributed by atoms with E-state index >= 15 is 0 Å². The molecule has 2 aromatic carbocycles. The van der Waals surface area contributed by atoms with Gasteiger partial charge in [-0.15, -0.1) is 0 Å². The Morgan fingerprint density at radius 2 is 1.75 bits per heavy atom.